The average molecular weight is 631 g/mol. The van der Waals surface area contributed by atoms with Crippen LogP contribution in [0, 0.1) is 0 Å². The van der Waals surface area contributed by atoms with E-state index in [0.29, 0.717) is 17.2 Å². The van der Waals surface area contributed by atoms with Crippen molar-refractivity contribution >= 4 is 39.9 Å². The summed E-state index contributed by atoms with van der Waals surface area (Å²) in [6.07, 6.45) is 4.87. The van der Waals surface area contributed by atoms with Crippen molar-refractivity contribution in [2.75, 3.05) is 17.7 Å². The number of carbonyl (C=O) groups is 3. The Labute approximate surface area is 271 Å². The van der Waals surface area contributed by atoms with Crippen LogP contribution in [0.3, 0.4) is 0 Å². The number of amides is 2. The fourth-order valence-corrected chi connectivity index (χ4v) is 5.69. The molecule has 1 heterocycles. The SMILES string of the molecule is CNc1ccccc1C(=O)NC1CCC(Oc2ccc3cc(Oc4ccc(C(=O)Nc5ccccc5C(=O)O)cn4)ccc3c2)CC1. The number of ether oxygens (including phenoxy) is 2. The van der Waals surface area contributed by atoms with Crippen LogP contribution in [0.1, 0.15) is 56.8 Å². The molecule has 10 heteroatoms. The number of rotatable bonds is 10. The van der Waals surface area contributed by atoms with Crippen molar-refractivity contribution in [1.29, 1.82) is 0 Å². The summed E-state index contributed by atoms with van der Waals surface area (Å²) in [6, 6.07) is 28.6. The number of aromatic nitrogens is 1. The van der Waals surface area contributed by atoms with Crippen LogP contribution in [0.15, 0.2) is 103 Å². The molecular formula is C37H34N4O6. The van der Waals surface area contributed by atoms with E-state index in [9.17, 15) is 19.5 Å². The van der Waals surface area contributed by atoms with Crippen molar-refractivity contribution in [3.05, 3.63) is 120 Å². The standard InChI is InChI=1S/C37H34N4O6/c1-38-32-8-4-2-6-30(32)36(43)40-26-13-17-27(18-14-26)46-28-15-10-24-21-29(16-11-23(24)20-28)47-34-19-12-25(22-39-34)35(42)41-33-9-5-3-7-31(33)37(44)45/h2-12,15-16,19-22,26-27,38H,13-14,17-18H2,1H3,(H,40,43)(H,41,42)(H,44,45). The zero-order chi connectivity index (χ0) is 32.8. The molecule has 1 aromatic heterocycles. The summed E-state index contributed by atoms with van der Waals surface area (Å²) in [5.41, 5.74) is 1.93. The predicted octanol–water partition coefficient (Wildman–Crippen LogP) is 7.14. The Morgan fingerprint density at radius 2 is 1.40 bits per heavy atom. The molecule has 5 aromatic rings. The van der Waals surface area contributed by atoms with Gasteiger partial charge in [-0.1, -0.05) is 36.4 Å². The first-order valence-corrected chi connectivity index (χ1v) is 15.4. The van der Waals surface area contributed by atoms with Gasteiger partial charge in [0, 0.05) is 31.0 Å². The van der Waals surface area contributed by atoms with Gasteiger partial charge in [0.05, 0.1) is 28.5 Å². The van der Waals surface area contributed by atoms with Crippen LogP contribution in [0.4, 0.5) is 11.4 Å². The van der Waals surface area contributed by atoms with Crippen molar-refractivity contribution in [1.82, 2.24) is 10.3 Å². The lowest BCUT2D eigenvalue weighted by Crippen LogP contribution is -2.39. The van der Waals surface area contributed by atoms with Gasteiger partial charge in [0.2, 0.25) is 5.88 Å². The van der Waals surface area contributed by atoms with Crippen LogP contribution in [0.25, 0.3) is 10.8 Å². The van der Waals surface area contributed by atoms with Gasteiger partial charge in [0.25, 0.3) is 11.8 Å². The number of hydrogen-bond donors (Lipinski definition) is 4. The fraction of sp³-hybridized carbons (Fsp3) is 0.189. The Morgan fingerprint density at radius 1 is 0.745 bits per heavy atom. The number of benzene rings is 4. The van der Waals surface area contributed by atoms with Crippen molar-refractivity contribution < 1.29 is 29.0 Å². The number of carboxylic acids is 1. The highest BCUT2D eigenvalue weighted by atomic mass is 16.5. The van der Waals surface area contributed by atoms with E-state index in [-0.39, 0.29) is 34.9 Å². The number of anilines is 2. The van der Waals surface area contributed by atoms with Crippen LogP contribution >= 0.6 is 0 Å². The number of nitrogens with one attached hydrogen (secondary N) is 3. The second-order valence-corrected chi connectivity index (χ2v) is 11.3. The van der Waals surface area contributed by atoms with Crippen LogP contribution in [0.5, 0.6) is 17.4 Å². The van der Waals surface area contributed by atoms with E-state index in [1.54, 1.807) is 24.3 Å². The molecule has 1 fully saturated rings. The van der Waals surface area contributed by atoms with Crippen LogP contribution in [-0.4, -0.2) is 47.1 Å². The molecule has 2 amide bonds. The molecule has 47 heavy (non-hydrogen) atoms. The molecule has 1 aliphatic rings. The topological polar surface area (TPSA) is 139 Å². The van der Waals surface area contributed by atoms with Crippen molar-refractivity contribution in [2.45, 2.75) is 37.8 Å². The molecule has 0 spiro atoms. The molecule has 0 unspecified atom stereocenters. The fourth-order valence-electron chi connectivity index (χ4n) is 5.69. The number of pyridine rings is 1. The third kappa shape index (κ3) is 7.50. The minimum Gasteiger partial charge on any atom is -0.490 e. The molecule has 238 valence electrons. The number of carbonyl (C=O) groups excluding carboxylic acids is 2. The normalized spacial score (nSPS) is 15.8. The highest BCUT2D eigenvalue weighted by Crippen LogP contribution is 2.30. The van der Waals surface area contributed by atoms with Gasteiger partial charge in [-0.2, -0.15) is 0 Å². The van der Waals surface area contributed by atoms with E-state index < -0.39 is 11.9 Å². The van der Waals surface area contributed by atoms with Gasteiger partial charge >= 0.3 is 5.97 Å². The average Bonchev–Trinajstić information content (AvgIpc) is 3.09. The minimum atomic E-state index is -1.13. The number of aromatic carboxylic acids is 1. The van der Waals surface area contributed by atoms with Crippen molar-refractivity contribution in [3.8, 4) is 17.4 Å². The quantitative estimate of drug-likeness (QED) is 0.128. The summed E-state index contributed by atoms with van der Waals surface area (Å²) in [4.78, 5) is 41.2. The van der Waals surface area contributed by atoms with Gasteiger partial charge in [-0.05, 0) is 91.1 Å². The molecular weight excluding hydrogens is 596 g/mol. The first-order valence-electron chi connectivity index (χ1n) is 15.4. The van der Waals surface area contributed by atoms with Gasteiger partial charge in [-0.15, -0.1) is 0 Å². The largest absolute Gasteiger partial charge is 0.490 e. The first-order chi connectivity index (χ1) is 22.9. The van der Waals surface area contributed by atoms with Gasteiger partial charge in [-0.25, -0.2) is 9.78 Å². The molecule has 0 saturated heterocycles. The Hall–Kier alpha value is -5.90. The van der Waals surface area contributed by atoms with E-state index in [2.05, 4.69) is 20.9 Å². The highest BCUT2D eigenvalue weighted by Gasteiger charge is 2.25. The maximum Gasteiger partial charge on any atom is 0.337 e. The molecule has 0 radical (unpaired) electrons. The number of para-hydroxylation sites is 2. The van der Waals surface area contributed by atoms with Gasteiger partial charge in [0.1, 0.15) is 11.5 Å². The van der Waals surface area contributed by atoms with Gasteiger partial charge < -0.3 is 30.5 Å². The lowest BCUT2D eigenvalue weighted by Gasteiger charge is -2.29. The summed E-state index contributed by atoms with van der Waals surface area (Å²) >= 11 is 0. The zero-order valence-electron chi connectivity index (χ0n) is 25.7. The molecule has 4 aromatic carbocycles. The second kappa shape index (κ2) is 14.0. The maximum atomic E-state index is 12.8. The van der Waals surface area contributed by atoms with Crippen molar-refractivity contribution in [3.63, 3.8) is 0 Å². The second-order valence-electron chi connectivity index (χ2n) is 11.3. The van der Waals surface area contributed by atoms with Crippen LogP contribution in [-0.2, 0) is 0 Å². The monoisotopic (exact) mass is 630 g/mol. The summed E-state index contributed by atoms with van der Waals surface area (Å²) < 4.78 is 12.3. The molecule has 0 aliphatic heterocycles. The van der Waals surface area contributed by atoms with Crippen molar-refractivity contribution in [2.24, 2.45) is 0 Å². The predicted molar refractivity (Wildman–Crippen MR) is 180 cm³/mol. The minimum absolute atomic E-state index is 0.000903. The summed E-state index contributed by atoms with van der Waals surface area (Å²) in [5.74, 6) is 0.0223. The molecule has 0 atom stereocenters. The van der Waals surface area contributed by atoms with E-state index in [0.717, 1.165) is 47.9 Å². The van der Waals surface area contributed by atoms with E-state index in [4.69, 9.17) is 9.47 Å². The Bertz CT molecular complexity index is 1920. The number of hydrogen-bond acceptors (Lipinski definition) is 7. The first kappa shape index (κ1) is 31.1. The van der Waals surface area contributed by atoms with Crippen LogP contribution in [0.2, 0.25) is 0 Å². The molecule has 6 rings (SSSR count). The number of nitrogens with zero attached hydrogens (tertiary/aromatic N) is 1. The lowest BCUT2D eigenvalue weighted by atomic mass is 9.92. The maximum absolute atomic E-state index is 12.8. The number of fused-ring (bicyclic) bond motifs is 1. The van der Waals surface area contributed by atoms with E-state index >= 15 is 0 Å². The molecule has 0 bridgehead atoms. The summed E-state index contributed by atoms with van der Waals surface area (Å²) in [6.45, 7) is 0. The van der Waals surface area contributed by atoms with E-state index in [1.807, 2.05) is 67.7 Å². The molecule has 1 saturated carbocycles. The Balaban J connectivity index is 1.01. The third-order valence-corrected chi connectivity index (χ3v) is 8.16. The lowest BCUT2D eigenvalue weighted by molar-refractivity contribution is 0.0697. The molecule has 1 aliphatic carbocycles. The highest BCUT2D eigenvalue weighted by molar-refractivity contribution is 6.07. The Morgan fingerprint density at radius 3 is 2.09 bits per heavy atom. The van der Waals surface area contributed by atoms with E-state index in [1.165, 1.54) is 18.3 Å². The zero-order valence-corrected chi connectivity index (χ0v) is 25.7. The third-order valence-electron chi connectivity index (χ3n) is 8.16. The smallest absolute Gasteiger partial charge is 0.337 e. The van der Waals surface area contributed by atoms with Gasteiger partial charge in [0.15, 0.2) is 0 Å². The molecule has 4 N–H and O–H groups in total. The van der Waals surface area contributed by atoms with Gasteiger partial charge in [-0.3, -0.25) is 9.59 Å². The summed E-state index contributed by atoms with van der Waals surface area (Å²) in [5, 5.41) is 20.2. The Kier molecular flexibility index (Phi) is 9.28. The van der Waals surface area contributed by atoms with Crippen LogP contribution < -0.4 is 25.4 Å². The molecule has 10 nitrogen and oxygen atoms in total. The number of carboxylic acid groups (broad SMARTS) is 1. The summed E-state index contributed by atoms with van der Waals surface area (Å²) in [7, 11) is 1.81.